The van der Waals surface area contributed by atoms with E-state index in [1.165, 1.54) is 4.31 Å². The van der Waals surface area contributed by atoms with E-state index in [0.29, 0.717) is 37.4 Å². The molecule has 1 aromatic carbocycles. The maximum absolute atomic E-state index is 13.7. The van der Waals surface area contributed by atoms with Gasteiger partial charge in [-0.2, -0.15) is 17.5 Å². The largest absolute Gasteiger partial charge is 0.490 e. The molecule has 10 nitrogen and oxygen atoms in total. The predicted octanol–water partition coefficient (Wildman–Crippen LogP) is 2.07. The lowest BCUT2D eigenvalue weighted by atomic mass is 10.1. The average molecular weight is 579 g/mol. The number of benzene rings is 1. The molecule has 1 aromatic rings. The van der Waals surface area contributed by atoms with E-state index in [1.54, 1.807) is 9.80 Å². The molecule has 2 heterocycles. The molecule has 14 heteroatoms. The standard InChI is InChI=1S/C23H36N4O4S.C2HF3O2/c1-18-16-19(2)23(20(3)17-18)32(30,31)27(12-5-11-25-10-4-6-21(25)28)13-7-22(29)26-14-8-24-9-15-26;3-2(4,5)1(6)7/h16-17,24H,4-15H2,1-3H3;(H,6,7). The Bertz CT molecular complexity index is 1110. The van der Waals surface area contributed by atoms with Crippen LogP contribution in [0.2, 0.25) is 0 Å². The Hall–Kier alpha value is -2.71. The van der Waals surface area contributed by atoms with Gasteiger partial charge in [0.25, 0.3) is 0 Å². The summed E-state index contributed by atoms with van der Waals surface area (Å²) < 4.78 is 60.5. The molecule has 3 rings (SSSR count). The highest BCUT2D eigenvalue weighted by molar-refractivity contribution is 7.89. The van der Waals surface area contributed by atoms with Crippen molar-refractivity contribution in [3.8, 4) is 0 Å². The molecule has 0 radical (unpaired) electrons. The Balaban J connectivity index is 0.000000673. The van der Waals surface area contributed by atoms with Gasteiger partial charge in [0.05, 0.1) is 4.90 Å². The van der Waals surface area contributed by atoms with Crippen LogP contribution in [-0.4, -0.2) is 104 Å². The number of sulfonamides is 1. The van der Waals surface area contributed by atoms with Crippen molar-refractivity contribution in [2.75, 3.05) is 52.4 Å². The van der Waals surface area contributed by atoms with Gasteiger partial charge in [0.2, 0.25) is 21.8 Å². The normalized spacial score (nSPS) is 16.3. The van der Waals surface area contributed by atoms with Crippen molar-refractivity contribution in [2.45, 2.75) is 57.5 Å². The molecule has 39 heavy (non-hydrogen) atoms. The number of carboxylic acid groups (broad SMARTS) is 1. The number of carbonyl (C=O) groups excluding carboxylic acids is 2. The molecule has 0 spiro atoms. The number of hydrogen-bond acceptors (Lipinski definition) is 6. The molecule has 2 saturated heterocycles. The molecule has 0 saturated carbocycles. The molecular weight excluding hydrogens is 541 g/mol. The number of likely N-dealkylation sites (tertiary alicyclic amines) is 1. The lowest BCUT2D eigenvalue weighted by Crippen LogP contribution is -2.47. The summed E-state index contributed by atoms with van der Waals surface area (Å²) in [4.78, 5) is 37.4. The first-order valence-corrected chi connectivity index (χ1v) is 14.2. The maximum Gasteiger partial charge on any atom is 0.490 e. The van der Waals surface area contributed by atoms with Gasteiger partial charge in [0.15, 0.2) is 0 Å². The van der Waals surface area contributed by atoms with E-state index in [0.717, 1.165) is 42.7 Å². The van der Waals surface area contributed by atoms with Crippen LogP contribution in [0.3, 0.4) is 0 Å². The fourth-order valence-corrected chi connectivity index (χ4v) is 6.62. The van der Waals surface area contributed by atoms with Crippen LogP contribution in [0, 0.1) is 20.8 Å². The number of amides is 2. The van der Waals surface area contributed by atoms with Gasteiger partial charge in [0.1, 0.15) is 0 Å². The smallest absolute Gasteiger partial charge is 0.475 e. The summed E-state index contributed by atoms with van der Waals surface area (Å²) in [6, 6.07) is 3.76. The van der Waals surface area contributed by atoms with Crippen molar-refractivity contribution in [2.24, 2.45) is 0 Å². The first kappa shape index (κ1) is 32.5. The molecule has 2 aliphatic heterocycles. The monoisotopic (exact) mass is 578 g/mol. The second-order valence-electron chi connectivity index (χ2n) is 9.65. The lowest BCUT2D eigenvalue weighted by molar-refractivity contribution is -0.192. The van der Waals surface area contributed by atoms with Crippen LogP contribution in [0.5, 0.6) is 0 Å². The zero-order chi connectivity index (χ0) is 29.4. The summed E-state index contributed by atoms with van der Waals surface area (Å²) in [6.07, 6.45) is -2.94. The van der Waals surface area contributed by atoms with Crippen LogP contribution in [-0.2, 0) is 24.4 Å². The van der Waals surface area contributed by atoms with Crippen LogP contribution in [0.1, 0.15) is 42.4 Å². The summed E-state index contributed by atoms with van der Waals surface area (Å²) >= 11 is 0. The number of piperazine rings is 1. The van der Waals surface area contributed by atoms with E-state index in [4.69, 9.17) is 9.90 Å². The molecule has 0 atom stereocenters. The molecule has 2 amide bonds. The van der Waals surface area contributed by atoms with Gasteiger partial charge in [-0.3, -0.25) is 9.59 Å². The molecule has 2 fully saturated rings. The quantitative estimate of drug-likeness (QED) is 0.459. The van der Waals surface area contributed by atoms with Crippen molar-refractivity contribution >= 4 is 27.8 Å². The van der Waals surface area contributed by atoms with Gasteiger partial charge in [0, 0.05) is 65.2 Å². The third kappa shape index (κ3) is 9.46. The number of carbonyl (C=O) groups is 3. The first-order valence-electron chi connectivity index (χ1n) is 12.8. The van der Waals surface area contributed by atoms with Gasteiger partial charge < -0.3 is 20.2 Å². The molecule has 2 aliphatic rings. The van der Waals surface area contributed by atoms with Gasteiger partial charge >= 0.3 is 12.1 Å². The Morgan fingerprint density at radius 2 is 1.62 bits per heavy atom. The van der Waals surface area contributed by atoms with Gasteiger partial charge in [-0.15, -0.1) is 0 Å². The predicted molar refractivity (Wildman–Crippen MR) is 138 cm³/mol. The average Bonchev–Trinajstić information content (AvgIpc) is 3.24. The number of alkyl halides is 3. The Morgan fingerprint density at radius 3 is 2.10 bits per heavy atom. The molecule has 0 bridgehead atoms. The summed E-state index contributed by atoms with van der Waals surface area (Å²) in [7, 11) is -3.77. The van der Waals surface area contributed by atoms with E-state index in [1.807, 2.05) is 32.9 Å². The minimum Gasteiger partial charge on any atom is -0.475 e. The maximum atomic E-state index is 13.7. The van der Waals surface area contributed by atoms with E-state index in [2.05, 4.69) is 5.32 Å². The Kier molecular flexibility index (Phi) is 11.7. The number of rotatable bonds is 9. The van der Waals surface area contributed by atoms with E-state index < -0.39 is 22.2 Å². The van der Waals surface area contributed by atoms with E-state index in [9.17, 15) is 31.2 Å². The third-order valence-corrected chi connectivity index (χ3v) is 8.70. The third-order valence-electron chi connectivity index (χ3n) is 6.50. The Labute approximate surface area is 227 Å². The highest BCUT2D eigenvalue weighted by atomic mass is 32.2. The SMILES string of the molecule is Cc1cc(C)c(S(=O)(=O)N(CCCN2CCCC2=O)CCC(=O)N2CCNCC2)c(C)c1.O=C(O)C(F)(F)F. The number of nitrogens with one attached hydrogen (secondary N) is 1. The van der Waals surface area contributed by atoms with Gasteiger partial charge in [-0.1, -0.05) is 17.7 Å². The zero-order valence-corrected chi connectivity index (χ0v) is 23.3. The van der Waals surface area contributed by atoms with Crippen LogP contribution >= 0.6 is 0 Å². The highest BCUT2D eigenvalue weighted by Crippen LogP contribution is 2.26. The summed E-state index contributed by atoms with van der Waals surface area (Å²) in [6.45, 7) is 10.1. The fraction of sp³-hybridized carbons (Fsp3) is 0.640. The van der Waals surface area contributed by atoms with Crippen molar-refractivity contribution < 1.29 is 41.1 Å². The summed E-state index contributed by atoms with van der Waals surface area (Å²) in [5, 5.41) is 10.3. The second-order valence-corrected chi connectivity index (χ2v) is 11.5. The Morgan fingerprint density at radius 1 is 1.05 bits per heavy atom. The zero-order valence-electron chi connectivity index (χ0n) is 22.5. The molecule has 220 valence electrons. The second kappa shape index (κ2) is 14.1. The van der Waals surface area contributed by atoms with Crippen molar-refractivity contribution in [3.63, 3.8) is 0 Å². The molecule has 2 N–H and O–H groups in total. The van der Waals surface area contributed by atoms with Crippen molar-refractivity contribution in [1.29, 1.82) is 0 Å². The minimum absolute atomic E-state index is 0.0150. The topological polar surface area (TPSA) is 127 Å². The molecular formula is C25H37F3N4O6S. The number of carboxylic acids is 1. The van der Waals surface area contributed by atoms with Crippen LogP contribution in [0.25, 0.3) is 0 Å². The van der Waals surface area contributed by atoms with Crippen LogP contribution in [0.4, 0.5) is 13.2 Å². The van der Waals surface area contributed by atoms with E-state index >= 15 is 0 Å². The van der Waals surface area contributed by atoms with Crippen molar-refractivity contribution in [3.05, 3.63) is 28.8 Å². The fourth-order valence-electron chi connectivity index (χ4n) is 4.73. The van der Waals surface area contributed by atoms with Crippen LogP contribution in [0.15, 0.2) is 17.0 Å². The molecule has 0 aromatic heterocycles. The summed E-state index contributed by atoms with van der Waals surface area (Å²) in [5.74, 6) is -2.63. The number of aryl methyl sites for hydroxylation is 3. The number of halogens is 3. The number of nitrogens with zero attached hydrogens (tertiary/aromatic N) is 3. The highest BCUT2D eigenvalue weighted by Gasteiger charge is 2.38. The van der Waals surface area contributed by atoms with Gasteiger partial charge in [-0.25, -0.2) is 13.2 Å². The summed E-state index contributed by atoms with van der Waals surface area (Å²) in [5.41, 5.74) is 2.46. The number of aliphatic carboxylic acids is 1. The lowest BCUT2D eigenvalue weighted by Gasteiger charge is -2.29. The first-order chi connectivity index (χ1) is 18.1. The van der Waals surface area contributed by atoms with Crippen LogP contribution < -0.4 is 5.32 Å². The number of hydrogen-bond donors (Lipinski definition) is 2. The molecule has 0 unspecified atom stereocenters. The van der Waals surface area contributed by atoms with Gasteiger partial charge in [-0.05, 0) is 44.7 Å². The molecule has 0 aliphatic carbocycles. The minimum atomic E-state index is -5.08. The van der Waals surface area contributed by atoms with Crippen molar-refractivity contribution in [1.82, 2.24) is 19.4 Å². The van der Waals surface area contributed by atoms with E-state index in [-0.39, 0.29) is 31.3 Å².